The lowest BCUT2D eigenvalue weighted by Crippen LogP contribution is -2.04. The van der Waals surface area contributed by atoms with E-state index in [9.17, 15) is 9.59 Å². The maximum absolute atomic E-state index is 12.5. The van der Waals surface area contributed by atoms with Gasteiger partial charge in [-0.3, -0.25) is 14.6 Å². The number of pyridine rings is 2. The Morgan fingerprint density at radius 1 is 1.00 bits per heavy atom. The first kappa shape index (κ1) is 18.6. The summed E-state index contributed by atoms with van der Waals surface area (Å²) in [5.41, 5.74) is 9.19. The van der Waals surface area contributed by atoms with Crippen molar-refractivity contribution in [3.8, 4) is 11.1 Å². The molecule has 29 heavy (non-hydrogen) atoms. The lowest BCUT2D eigenvalue weighted by atomic mass is 10.0. The van der Waals surface area contributed by atoms with E-state index in [-0.39, 0.29) is 5.78 Å². The summed E-state index contributed by atoms with van der Waals surface area (Å²) >= 11 is 5.87. The molecule has 0 fully saturated rings. The van der Waals surface area contributed by atoms with E-state index in [2.05, 4.69) is 15.0 Å². The number of nitrogens with two attached hydrogens (primary N) is 1. The highest BCUT2D eigenvalue weighted by atomic mass is 35.5. The molecule has 0 atom stereocenters. The number of nitrogens with zero attached hydrogens (tertiary/aromatic N) is 2. The van der Waals surface area contributed by atoms with E-state index in [4.69, 9.17) is 17.3 Å². The minimum Gasteiger partial charge on any atom is -0.366 e. The van der Waals surface area contributed by atoms with Crippen LogP contribution in [0.2, 0.25) is 5.02 Å². The molecule has 1 amide bonds. The molecule has 0 aliphatic rings. The summed E-state index contributed by atoms with van der Waals surface area (Å²) < 4.78 is 0. The number of benzene rings is 1. The smallest absolute Gasteiger partial charge is 0.241 e. The van der Waals surface area contributed by atoms with Crippen molar-refractivity contribution in [2.75, 3.05) is 0 Å². The van der Waals surface area contributed by atoms with E-state index in [0.717, 1.165) is 22.1 Å². The Bertz CT molecular complexity index is 1240. The van der Waals surface area contributed by atoms with Crippen molar-refractivity contribution in [2.45, 2.75) is 0 Å². The number of rotatable bonds is 5. The number of hydrogen-bond acceptors (Lipinski definition) is 4. The predicted octanol–water partition coefficient (Wildman–Crippen LogP) is 4.01. The maximum Gasteiger partial charge on any atom is 0.241 e. The van der Waals surface area contributed by atoms with Gasteiger partial charge in [-0.05, 0) is 42.5 Å². The van der Waals surface area contributed by atoms with Crippen molar-refractivity contribution in [1.82, 2.24) is 15.0 Å². The molecule has 0 bridgehead atoms. The van der Waals surface area contributed by atoms with Crippen LogP contribution in [-0.4, -0.2) is 26.6 Å². The Labute approximate surface area is 171 Å². The standard InChI is InChI=1S/C22H15ClN4O2/c23-17-5-1-13(2-6-17)21(29)19-7-3-14(10-25-19)16-9-18-15(4-8-20(24)28)11-26-22(18)27-12-16/h1-12H,(H2,24,28)(H,26,27). The minimum atomic E-state index is -0.520. The number of hydrogen-bond donors (Lipinski definition) is 2. The fourth-order valence-electron chi connectivity index (χ4n) is 2.94. The third kappa shape index (κ3) is 3.93. The van der Waals surface area contributed by atoms with Gasteiger partial charge in [0.2, 0.25) is 11.7 Å². The van der Waals surface area contributed by atoms with Crippen LogP contribution in [0.25, 0.3) is 28.2 Å². The number of aromatic nitrogens is 3. The molecule has 1 aromatic carbocycles. The van der Waals surface area contributed by atoms with Crippen LogP contribution in [-0.2, 0) is 4.79 Å². The molecule has 0 aliphatic heterocycles. The van der Waals surface area contributed by atoms with E-state index in [0.29, 0.717) is 21.9 Å². The lowest BCUT2D eigenvalue weighted by Gasteiger charge is -2.04. The Kier molecular flexibility index (Phi) is 4.93. The van der Waals surface area contributed by atoms with E-state index < -0.39 is 5.91 Å². The van der Waals surface area contributed by atoms with Gasteiger partial charge >= 0.3 is 0 Å². The zero-order valence-electron chi connectivity index (χ0n) is 15.1. The van der Waals surface area contributed by atoms with Gasteiger partial charge in [0.05, 0.1) is 0 Å². The van der Waals surface area contributed by atoms with E-state index in [1.165, 1.54) is 6.08 Å². The van der Waals surface area contributed by atoms with Crippen LogP contribution in [0.3, 0.4) is 0 Å². The average molecular weight is 403 g/mol. The summed E-state index contributed by atoms with van der Waals surface area (Å²) in [7, 11) is 0. The fourth-order valence-corrected chi connectivity index (χ4v) is 3.07. The second kappa shape index (κ2) is 7.69. The molecule has 7 heteroatoms. The van der Waals surface area contributed by atoms with Crippen LogP contribution in [0.5, 0.6) is 0 Å². The van der Waals surface area contributed by atoms with Gasteiger partial charge in [0.15, 0.2) is 0 Å². The number of primary amides is 1. The summed E-state index contributed by atoms with van der Waals surface area (Å²) in [4.78, 5) is 35.3. The SMILES string of the molecule is NC(=O)C=Cc1c[nH]c2ncc(-c3ccc(C(=O)c4ccc(Cl)cc4)nc3)cc12. The molecule has 0 saturated carbocycles. The van der Waals surface area contributed by atoms with E-state index in [1.54, 1.807) is 55.0 Å². The topological polar surface area (TPSA) is 102 Å². The van der Waals surface area contributed by atoms with E-state index >= 15 is 0 Å². The second-order valence-corrected chi connectivity index (χ2v) is 6.80. The van der Waals surface area contributed by atoms with Crippen LogP contribution in [0.15, 0.2) is 67.1 Å². The number of carbonyl (C=O) groups is 2. The summed E-state index contributed by atoms with van der Waals surface area (Å²) in [5.74, 6) is -0.695. The van der Waals surface area contributed by atoms with Gasteiger partial charge in [-0.15, -0.1) is 0 Å². The number of ketones is 1. The second-order valence-electron chi connectivity index (χ2n) is 6.37. The van der Waals surface area contributed by atoms with Crippen molar-refractivity contribution in [1.29, 1.82) is 0 Å². The van der Waals surface area contributed by atoms with Crippen LogP contribution in [0.4, 0.5) is 0 Å². The highest BCUT2D eigenvalue weighted by Gasteiger charge is 2.11. The molecule has 3 N–H and O–H groups in total. The third-order valence-corrected chi connectivity index (χ3v) is 4.68. The van der Waals surface area contributed by atoms with Crippen LogP contribution >= 0.6 is 11.6 Å². The summed E-state index contributed by atoms with van der Waals surface area (Å²) in [5, 5.41) is 1.42. The molecule has 142 valence electrons. The van der Waals surface area contributed by atoms with Gasteiger partial charge in [-0.25, -0.2) is 4.98 Å². The van der Waals surface area contributed by atoms with Gasteiger partial charge in [0, 0.05) is 57.3 Å². The summed E-state index contributed by atoms with van der Waals surface area (Å²) in [6.45, 7) is 0. The lowest BCUT2D eigenvalue weighted by molar-refractivity contribution is -0.113. The Hall–Kier alpha value is -3.77. The molecular formula is C22H15ClN4O2. The van der Waals surface area contributed by atoms with Gasteiger partial charge in [-0.2, -0.15) is 0 Å². The zero-order valence-corrected chi connectivity index (χ0v) is 15.9. The number of aromatic amines is 1. The molecule has 0 unspecified atom stereocenters. The number of fused-ring (bicyclic) bond motifs is 1. The van der Waals surface area contributed by atoms with Crippen LogP contribution in [0, 0.1) is 0 Å². The molecule has 0 saturated heterocycles. The van der Waals surface area contributed by atoms with Crippen molar-refractivity contribution in [2.24, 2.45) is 5.73 Å². The van der Waals surface area contributed by atoms with Crippen molar-refractivity contribution in [3.05, 3.63) is 89.0 Å². The van der Waals surface area contributed by atoms with Gasteiger partial charge in [-0.1, -0.05) is 17.7 Å². The average Bonchev–Trinajstić information content (AvgIpc) is 3.14. The number of amides is 1. The maximum atomic E-state index is 12.5. The molecule has 0 radical (unpaired) electrons. The van der Waals surface area contributed by atoms with Crippen LogP contribution in [0.1, 0.15) is 21.6 Å². The largest absolute Gasteiger partial charge is 0.366 e. The molecule has 3 aromatic heterocycles. The first-order chi connectivity index (χ1) is 14.0. The molecule has 0 aliphatic carbocycles. The number of carbonyl (C=O) groups excluding carboxylic acids is 2. The fraction of sp³-hybridized carbons (Fsp3) is 0. The zero-order chi connectivity index (χ0) is 20.4. The Morgan fingerprint density at radius 2 is 1.76 bits per heavy atom. The number of H-pyrrole nitrogens is 1. The molecular weight excluding hydrogens is 388 g/mol. The quantitative estimate of drug-likeness (QED) is 0.389. The van der Waals surface area contributed by atoms with Gasteiger partial charge in [0.25, 0.3) is 0 Å². The summed E-state index contributed by atoms with van der Waals surface area (Å²) in [6, 6.07) is 12.1. The minimum absolute atomic E-state index is 0.175. The molecule has 6 nitrogen and oxygen atoms in total. The van der Waals surface area contributed by atoms with Crippen molar-refractivity contribution < 1.29 is 9.59 Å². The molecule has 0 spiro atoms. The highest BCUT2D eigenvalue weighted by molar-refractivity contribution is 6.30. The molecule has 3 heterocycles. The van der Waals surface area contributed by atoms with E-state index in [1.807, 2.05) is 12.1 Å². The molecule has 4 aromatic rings. The molecule has 4 rings (SSSR count). The van der Waals surface area contributed by atoms with Crippen molar-refractivity contribution >= 4 is 40.4 Å². The van der Waals surface area contributed by atoms with Crippen molar-refractivity contribution in [3.63, 3.8) is 0 Å². The number of nitrogens with one attached hydrogen (secondary N) is 1. The first-order valence-corrected chi connectivity index (χ1v) is 9.10. The number of halogens is 1. The Balaban J connectivity index is 1.64. The predicted molar refractivity (Wildman–Crippen MR) is 112 cm³/mol. The summed E-state index contributed by atoms with van der Waals surface area (Å²) in [6.07, 6.45) is 8.05. The normalized spacial score (nSPS) is 11.2. The first-order valence-electron chi connectivity index (χ1n) is 8.72. The van der Waals surface area contributed by atoms with Gasteiger partial charge < -0.3 is 10.7 Å². The monoisotopic (exact) mass is 402 g/mol. The third-order valence-electron chi connectivity index (χ3n) is 4.43. The van der Waals surface area contributed by atoms with Gasteiger partial charge in [0.1, 0.15) is 11.3 Å². The highest BCUT2D eigenvalue weighted by Crippen LogP contribution is 2.25. The van der Waals surface area contributed by atoms with Crippen LogP contribution < -0.4 is 5.73 Å². The Morgan fingerprint density at radius 3 is 2.45 bits per heavy atom.